The number of hydrogen-bond acceptors (Lipinski definition) is 3. The predicted octanol–water partition coefficient (Wildman–Crippen LogP) is 4.33. The first-order valence-corrected chi connectivity index (χ1v) is 8.25. The van der Waals surface area contributed by atoms with Crippen molar-refractivity contribution in [3.05, 3.63) is 21.4 Å². The summed E-state index contributed by atoms with van der Waals surface area (Å²) < 4.78 is 37.8. The van der Waals surface area contributed by atoms with Crippen LogP contribution in [0.15, 0.2) is 6.07 Å². The molecule has 0 amide bonds. The van der Waals surface area contributed by atoms with Crippen molar-refractivity contribution >= 4 is 11.3 Å². The van der Waals surface area contributed by atoms with Gasteiger partial charge in [0.25, 0.3) is 0 Å². The molecule has 21 heavy (non-hydrogen) atoms. The highest BCUT2D eigenvalue weighted by molar-refractivity contribution is 7.12. The third-order valence-electron chi connectivity index (χ3n) is 3.13. The number of alkyl halides is 3. The zero-order valence-corrected chi connectivity index (χ0v) is 13.8. The van der Waals surface area contributed by atoms with Crippen molar-refractivity contribution in [1.82, 2.24) is 10.2 Å². The van der Waals surface area contributed by atoms with E-state index in [9.17, 15) is 13.2 Å². The minimum Gasteiger partial charge on any atom is -0.312 e. The lowest BCUT2D eigenvalue weighted by Gasteiger charge is -2.23. The topological polar surface area (TPSA) is 15.3 Å². The van der Waals surface area contributed by atoms with Crippen LogP contribution in [0.25, 0.3) is 0 Å². The van der Waals surface area contributed by atoms with Crippen molar-refractivity contribution in [3.8, 4) is 0 Å². The van der Waals surface area contributed by atoms with Crippen molar-refractivity contribution in [2.45, 2.75) is 52.9 Å². The van der Waals surface area contributed by atoms with Gasteiger partial charge in [0.15, 0.2) is 0 Å². The standard InChI is InChI=1S/C15H25F3N2S/c1-4-6-19-9-14-8-13(12(3)21-14)10-20(7-5-2)11-15(16,17)18/h8,19H,4-7,9-11H2,1-3H3. The number of thiophene rings is 1. The molecule has 0 saturated heterocycles. The molecule has 0 unspecified atom stereocenters. The van der Waals surface area contributed by atoms with Crippen LogP contribution in [0.1, 0.15) is 42.0 Å². The lowest BCUT2D eigenvalue weighted by molar-refractivity contribution is -0.147. The molecular weight excluding hydrogens is 297 g/mol. The fraction of sp³-hybridized carbons (Fsp3) is 0.733. The fourth-order valence-corrected chi connectivity index (χ4v) is 3.27. The first-order valence-electron chi connectivity index (χ1n) is 7.43. The molecule has 122 valence electrons. The van der Waals surface area contributed by atoms with Gasteiger partial charge in [-0.25, -0.2) is 0 Å². The average Bonchev–Trinajstić information content (AvgIpc) is 2.68. The largest absolute Gasteiger partial charge is 0.401 e. The van der Waals surface area contributed by atoms with Crippen LogP contribution in [-0.4, -0.2) is 30.7 Å². The Labute approximate surface area is 129 Å². The van der Waals surface area contributed by atoms with E-state index in [1.165, 1.54) is 9.78 Å². The summed E-state index contributed by atoms with van der Waals surface area (Å²) >= 11 is 1.67. The van der Waals surface area contributed by atoms with Gasteiger partial charge in [0.2, 0.25) is 0 Å². The molecule has 0 radical (unpaired) electrons. The normalized spacial score (nSPS) is 12.3. The van der Waals surface area contributed by atoms with Crippen LogP contribution in [0.4, 0.5) is 13.2 Å². The Hall–Kier alpha value is -0.590. The molecule has 6 heteroatoms. The Morgan fingerprint density at radius 2 is 1.95 bits per heavy atom. The second-order valence-electron chi connectivity index (χ2n) is 5.30. The van der Waals surface area contributed by atoms with Gasteiger partial charge in [-0.1, -0.05) is 13.8 Å². The highest BCUT2D eigenvalue weighted by Gasteiger charge is 2.30. The molecule has 0 aliphatic rings. The molecule has 0 bridgehead atoms. The van der Waals surface area contributed by atoms with Gasteiger partial charge in [0, 0.05) is 22.8 Å². The van der Waals surface area contributed by atoms with Gasteiger partial charge < -0.3 is 5.32 Å². The van der Waals surface area contributed by atoms with Gasteiger partial charge in [-0.3, -0.25) is 4.90 Å². The number of nitrogens with zero attached hydrogens (tertiary/aromatic N) is 1. The van der Waals surface area contributed by atoms with Gasteiger partial charge >= 0.3 is 6.18 Å². The molecule has 1 heterocycles. The molecule has 1 aromatic rings. The minimum atomic E-state index is -4.13. The van der Waals surface area contributed by atoms with E-state index in [4.69, 9.17) is 0 Å². The molecule has 0 atom stereocenters. The number of rotatable bonds is 9. The Kier molecular flexibility index (Phi) is 7.70. The van der Waals surface area contributed by atoms with E-state index in [1.807, 2.05) is 19.9 Å². The predicted molar refractivity (Wildman–Crippen MR) is 82.7 cm³/mol. The first-order chi connectivity index (χ1) is 9.85. The molecule has 0 aromatic carbocycles. The number of nitrogens with one attached hydrogen (secondary N) is 1. The van der Waals surface area contributed by atoms with Crippen LogP contribution >= 0.6 is 11.3 Å². The van der Waals surface area contributed by atoms with E-state index in [-0.39, 0.29) is 0 Å². The van der Waals surface area contributed by atoms with Gasteiger partial charge in [0.05, 0.1) is 6.54 Å². The lowest BCUT2D eigenvalue weighted by Crippen LogP contribution is -2.34. The van der Waals surface area contributed by atoms with Crippen LogP contribution in [-0.2, 0) is 13.1 Å². The summed E-state index contributed by atoms with van der Waals surface area (Å²) in [5.41, 5.74) is 1.02. The van der Waals surface area contributed by atoms with Gasteiger partial charge in [-0.05, 0) is 44.5 Å². The zero-order valence-electron chi connectivity index (χ0n) is 13.0. The second kappa shape index (κ2) is 8.76. The van der Waals surface area contributed by atoms with Crippen LogP contribution < -0.4 is 5.32 Å². The quantitative estimate of drug-likeness (QED) is 0.681. The Balaban J connectivity index is 2.65. The van der Waals surface area contributed by atoms with Gasteiger partial charge in [-0.2, -0.15) is 13.2 Å². The van der Waals surface area contributed by atoms with Crippen LogP contribution in [0.3, 0.4) is 0 Å². The van der Waals surface area contributed by atoms with Crippen LogP contribution in [0.5, 0.6) is 0 Å². The van der Waals surface area contributed by atoms with Gasteiger partial charge in [-0.15, -0.1) is 11.3 Å². The van der Waals surface area contributed by atoms with Crippen molar-refractivity contribution in [3.63, 3.8) is 0 Å². The average molecular weight is 322 g/mol. The summed E-state index contributed by atoms with van der Waals surface area (Å²) in [6, 6.07) is 2.04. The van der Waals surface area contributed by atoms with Crippen LogP contribution in [0.2, 0.25) is 0 Å². The Bertz CT molecular complexity index is 416. The third kappa shape index (κ3) is 7.29. The Morgan fingerprint density at radius 3 is 2.52 bits per heavy atom. The summed E-state index contributed by atoms with van der Waals surface area (Å²) in [4.78, 5) is 3.80. The first kappa shape index (κ1) is 18.5. The smallest absolute Gasteiger partial charge is 0.312 e. The van der Waals surface area contributed by atoms with E-state index < -0.39 is 12.7 Å². The van der Waals surface area contributed by atoms with Crippen molar-refractivity contribution in [1.29, 1.82) is 0 Å². The summed E-state index contributed by atoms with van der Waals surface area (Å²) in [6.07, 6.45) is -2.33. The highest BCUT2D eigenvalue weighted by atomic mass is 32.1. The van der Waals surface area contributed by atoms with Crippen LogP contribution in [0, 0.1) is 6.92 Å². The maximum absolute atomic E-state index is 12.6. The van der Waals surface area contributed by atoms with E-state index in [2.05, 4.69) is 12.2 Å². The molecule has 1 rings (SSSR count). The van der Waals surface area contributed by atoms with Gasteiger partial charge in [0.1, 0.15) is 0 Å². The Morgan fingerprint density at radius 1 is 1.24 bits per heavy atom. The minimum absolute atomic E-state index is 0.378. The number of aryl methyl sites for hydroxylation is 1. The second-order valence-corrected chi connectivity index (χ2v) is 6.64. The van der Waals surface area contributed by atoms with E-state index >= 15 is 0 Å². The zero-order chi connectivity index (χ0) is 15.9. The van der Waals surface area contributed by atoms with Crippen molar-refractivity contribution in [2.75, 3.05) is 19.6 Å². The number of hydrogen-bond donors (Lipinski definition) is 1. The summed E-state index contributed by atoms with van der Waals surface area (Å²) in [6.45, 7) is 7.78. The maximum atomic E-state index is 12.6. The molecule has 1 N–H and O–H groups in total. The third-order valence-corrected chi connectivity index (χ3v) is 4.23. The fourth-order valence-electron chi connectivity index (χ4n) is 2.24. The monoisotopic (exact) mass is 322 g/mol. The summed E-state index contributed by atoms with van der Waals surface area (Å²) in [5, 5.41) is 3.33. The molecule has 2 nitrogen and oxygen atoms in total. The molecular formula is C15H25F3N2S. The molecule has 0 aliphatic heterocycles. The molecule has 0 aliphatic carbocycles. The van der Waals surface area contributed by atoms with Crippen molar-refractivity contribution < 1.29 is 13.2 Å². The summed E-state index contributed by atoms with van der Waals surface area (Å²) in [7, 11) is 0. The highest BCUT2D eigenvalue weighted by Crippen LogP contribution is 2.25. The molecule has 0 fully saturated rings. The molecule has 1 aromatic heterocycles. The van der Waals surface area contributed by atoms with E-state index in [1.54, 1.807) is 11.3 Å². The van der Waals surface area contributed by atoms with E-state index in [0.717, 1.165) is 36.4 Å². The summed E-state index contributed by atoms with van der Waals surface area (Å²) in [5.74, 6) is 0. The lowest BCUT2D eigenvalue weighted by atomic mass is 10.2. The number of halogens is 3. The van der Waals surface area contributed by atoms with E-state index in [0.29, 0.717) is 13.1 Å². The molecule has 0 spiro atoms. The maximum Gasteiger partial charge on any atom is 0.401 e. The SMILES string of the molecule is CCCNCc1cc(CN(CCC)CC(F)(F)F)c(C)s1. The van der Waals surface area contributed by atoms with Crippen molar-refractivity contribution in [2.24, 2.45) is 0 Å². The molecule has 0 saturated carbocycles.